The smallest absolute Gasteiger partial charge is 0.257 e. The fourth-order valence-corrected chi connectivity index (χ4v) is 2.34. The second kappa shape index (κ2) is 8.03. The Kier molecular flexibility index (Phi) is 6.04. The van der Waals surface area contributed by atoms with Crippen molar-refractivity contribution in [3.63, 3.8) is 0 Å². The van der Waals surface area contributed by atoms with Crippen LogP contribution in [0.1, 0.15) is 49.2 Å². The molecule has 0 radical (unpaired) electrons. The molecule has 0 aliphatic rings. The highest BCUT2D eigenvalue weighted by molar-refractivity contribution is 7.80. The molecule has 0 unspecified atom stereocenters. The number of rotatable bonds is 3. The van der Waals surface area contributed by atoms with Gasteiger partial charge in [-0.3, -0.25) is 15.5 Å². The molecule has 0 bridgehead atoms. The van der Waals surface area contributed by atoms with Crippen LogP contribution in [0.2, 0.25) is 0 Å². The van der Waals surface area contributed by atoms with Crippen LogP contribution in [0.4, 0.5) is 0 Å². The van der Waals surface area contributed by atoms with Gasteiger partial charge in [-0.25, -0.2) is 0 Å². The summed E-state index contributed by atoms with van der Waals surface area (Å²) in [7, 11) is 0. The Balaban J connectivity index is 1.96. The predicted molar refractivity (Wildman–Crippen MR) is 107 cm³/mol. The Morgan fingerprint density at radius 1 is 0.960 bits per heavy atom. The van der Waals surface area contributed by atoms with E-state index in [-0.39, 0.29) is 16.4 Å². The van der Waals surface area contributed by atoms with Crippen LogP contribution in [0.15, 0.2) is 59.7 Å². The van der Waals surface area contributed by atoms with Crippen LogP contribution in [0.3, 0.4) is 0 Å². The second-order valence-corrected chi connectivity index (χ2v) is 7.19. The molecule has 2 aromatic rings. The minimum atomic E-state index is -0.263. The summed E-state index contributed by atoms with van der Waals surface area (Å²) in [6, 6.07) is 17.2. The first-order chi connectivity index (χ1) is 11.8. The number of hydrazone groups is 1. The highest BCUT2D eigenvalue weighted by Crippen LogP contribution is 2.22. The fourth-order valence-electron chi connectivity index (χ4n) is 2.20. The lowest BCUT2D eigenvalue weighted by Crippen LogP contribution is -2.37. The quantitative estimate of drug-likeness (QED) is 0.498. The number of thiocarbonyl (C=S) groups is 1. The Morgan fingerprint density at radius 2 is 1.56 bits per heavy atom. The molecule has 0 saturated heterocycles. The molecule has 25 heavy (non-hydrogen) atoms. The monoisotopic (exact) mass is 353 g/mol. The number of hydrogen-bond donors (Lipinski definition) is 2. The highest BCUT2D eigenvalue weighted by atomic mass is 32.1. The van der Waals surface area contributed by atoms with Crippen molar-refractivity contribution >= 4 is 28.9 Å². The molecule has 4 nitrogen and oxygen atoms in total. The van der Waals surface area contributed by atoms with E-state index in [4.69, 9.17) is 12.2 Å². The maximum Gasteiger partial charge on any atom is 0.257 e. The van der Waals surface area contributed by atoms with Crippen molar-refractivity contribution in [3.05, 3.63) is 71.3 Å². The van der Waals surface area contributed by atoms with Crippen molar-refractivity contribution in [2.45, 2.75) is 33.1 Å². The van der Waals surface area contributed by atoms with Crippen LogP contribution >= 0.6 is 12.2 Å². The molecule has 0 saturated carbocycles. The molecule has 0 spiro atoms. The van der Waals surface area contributed by atoms with Gasteiger partial charge in [-0.05, 0) is 47.8 Å². The van der Waals surface area contributed by atoms with Crippen molar-refractivity contribution in [3.8, 4) is 0 Å². The van der Waals surface area contributed by atoms with Gasteiger partial charge in [0.1, 0.15) is 0 Å². The molecule has 0 fully saturated rings. The molecule has 130 valence electrons. The molecule has 5 heteroatoms. The normalized spacial score (nSPS) is 11.8. The van der Waals surface area contributed by atoms with E-state index >= 15 is 0 Å². The molecule has 2 aromatic carbocycles. The van der Waals surface area contributed by atoms with E-state index < -0.39 is 0 Å². The lowest BCUT2D eigenvalue weighted by atomic mass is 9.86. The van der Waals surface area contributed by atoms with Crippen LogP contribution in [-0.2, 0) is 5.41 Å². The molecular formula is C20H23N3OS. The molecule has 0 aromatic heterocycles. The zero-order chi connectivity index (χ0) is 18.4. The van der Waals surface area contributed by atoms with Gasteiger partial charge in [0.25, 0.3) is 5.91 Å². The van der Waals surface area contributed by atoms with Crippen molar-refractivity contribution in [1.29, 1.82) is 0 Å². The summed E-state index contributed by atoms with van der Waals surface area (Å²) in [5.74, 6) is -0.263. The van der Waals surface area contributed by atoms with E-state index in [9.17, 15) is 4.79 Å². The Bertz CT molecular complexity index is 775. The average molecular weight is 353 g/mol. The van der Waals surface area contributed by atoms with Gasteiger partial charge in [-0.15, -0.1) is 0 Å². The number of benzene rings is 2. The number of carbonyl (C=O) groups is 1. The van der Waals surface area contributed by atoms with E-state index in [1.807, 2.05) is 25.1 Å². The third-order valence-electron chi connectivity index (χ3n) is 3.76. The van der Waals surface area contributed by atoms with Crippen molar-refractivity contribution < 1.29 is 4.79 Å². The van der Waals surface area contributed by atoms with Gasteiger partial charge in [0.15, 0.2) is 5.11 Å². The van der Waals surface area contributed by atoms with Crippen LogP contribution in [0.5, 0.6) is 0 Å². The van der Waals surface area contributed by atoms with Crippen molar-refractivity contribution in [1.82, 2.24) is 10.7 Å². The van der Waals surface area contributed by atoms with E-state index in [1.54, 1.807) is 24.3 Å². The summed E-state index contributed by atoms with van der Waals surface area (Å²) in [5.41, 5.74) is 6.43. The standard InChI is InChI=1S/C20H23N3OS/c1-14(15-10-12-17(13-11-15)20(2,3)4)22-23-19(25)21-18(24)16-8-6-5-7-9-16/h5-13H,1-4H3,(H2,21,23,24,25)/b22-14+. The van der Waals surface area contributed by atoms with Gasteiger partial charge in [-0.2, -0.15) is 5.10 Å². The molecular weight excluding hydrogens is 330 g/mol. The van der Waals surface area contributed by atoms with E-state index in [1.165, 1.54) is 5.56 Å². The van der Waals surface area contributed by atoms with Gasteiger partial charge in [0, 0.05) is 5.56 Å². The molecule has 2 rings (SSSR count). The molecule has 1 amide bonds. The molecule has 0 heterocycles. The van der Waals surface area contributed by atoms with Crippen LogP contribution in [-0.4, -0.2) is 16.7 Å². The van der Waals surface area contributed by atoms with Crippen LogP contribution in [0, 0.1) is 0 Å². The Labute approximate surface area is 154 Å². The number of carbonyl (C=O) groups excluding carboxylic acids is 1. The molecule has 0 aliphatic heterocycles. The van der Waals surface area contributed by atoms with Crippen molar-refractivity contribution in [2.24, 2.45) is 5.10 Å². The minimum Gasteiger partial charge on any atom is -0.298 e. The summed E-state index contributed by atoms with van der Waals surface area (Å²) in [4.78, 5) is 12.0. The second-order valence-electron chi connectivity index (χ2n) is 6.79. The maximum absolute atomic E-state index is 12.0. The van der Waals surface area contributed by atoms with Gasteiger partial charge in [0.2, 0.25) is 0 Å². The Hall–Kier alpha value is -2.53. The summed E-state index contributed by atoms with van der Waals surface area (Å²) in [6.07, 6.45) is 0. The lowest BCUT2D eigenvalue weighted by molar-refractivity contribution is 0.0976. The molecule has 0 aliphatic carbocycles. The number of nitrogens with zero attached hydrogens (tertiary/aromatic N) is 1. The molecule has 2 N–H and O–H groups in total. The predicted octanol–water partition coefficient (Wildman–Crippen LogP) is 4.01. The summed E-state index contributed by atoms with van der Waals surface area (Å²) >= 11 is 5.12. The first kappa shape index (κ1) is 18.8. The van der Waals surface area contributed by atoms with Crippen LogP contribution in [0.25, 0.3) is 0 Å². The van der Waals surface area contributed by atoms with E-state index in [0.717, 1.165) is 11.3 Å². The van der Waals surface area contributed by atoms with Gasteiger partial charge in [-0.1, -0.05) is 63.2 Å². The third kappa shape index (κ3) is 5.50. The summed E-state index contributed by atoms with van der Waals surface area (Å²) < 4.78 is 0. The first-order valence-electron chi connectivity index (χ1n) is 8.09. The summed E-state index contributed by atoms with van der Waals surface area (Å²) in [5, 5.41) is 7.02. The highest BCUT2D eigenvalue weighted by Gasteiger charge is 2.13. The number of hydrogen-bond acceptors (Lipinski definition) is 3. The first-order valence-corrected chi connectivity index (χ1v) is 8.50. The van der Waals surface area contributed by atoms with Gasteiger partial charge in [0.05, 0.1) is 5.71 Å². The fraction of sp³-hybridized carbons (Fsp3) is 0.250. The van der Waals surface area contributed by atoms with Gasteiger partial charge < -0.3 is 0 Å². The SMILES string of the molecule is C/C(=N\NC(=S)NC(=O)c1ccccc1)c1ccc(C(C)(C)C)cc1. The number of amides is 1. The summed E-state index contributed by atoms with van der Waals surface area (Å²) in [6.45, 7) is 8.43. The average Bonchev–Trinajstić information content (AvgIpc) is 2.59. The Morgan fingerprint density at radius 3 is 2.12 bits per heavy atom. The zero-order valence-corrected chi connectivity index (χ0v) is 15.8. The topological polar surface area (TPSA) is 53.5 Å². The van der Waals surface area contributed by atoms with E-state index in [0.29, 0.717) is 5.56 Å². The lowest BCUT2D eigenvalue weighted by Gasteiger charge is -2.19. The minimum absolute atomic E-state index is 0.116. The van der Waals surface area contributed by atoms with Crippen molar-refractivity contribution in [2.75, 3.05) is 0 Å². The number of nitrogens with one attached hydrogen (secondary N) is 2. The molecule has 0 atom stereocenters. The third-order valence-corrected chi connectivity index (χ3v) is 3.95. The van der Waals surface area contributed by atoms with Crippen LogP contribution < -0.4 is 10.7 Å². The van der Waals surface area contributed by atoms with E-state index in [2.05, 4.69) is 48.7 Å². The largest absolute Gasteiger partial charge is 0.298 e. The zero-order valence-electron chi connectivity index (χ0n) is 15.0. The van der Waals surface area contributed by atoms with Gasteiger partial charge >= 0.3 is 0 Å². The maximum atomic E-state index is 12.0.